The molecule has 0 amide bonds. The Morgan fingerprint density at radius 3 is 2.36 bits per heavy atom. The van der Waals surface area contributed by atoms with Gasteiger partial charge in [0.1, 0.15) is 0 Å². The third-order valence-electron chi connectivity index (χ3n) is 1.29. The highest BCUT2D eigenvalue weighted by Crippen LogP contribution is 1.99. The fourth-order valence-electron chi connectivity index (χ4n) is 0.575. The van der Waals surface area contributed by atoms with E-state index in [0.717, 1.165) is 0 Å². The number of hydrogen-bond acceptors (Lipinski definition) is 5. The van der Waals surface area contributed by atoms with Crippen LogP contribution in [-0.4, -0.2) is 48.0 Å². The summed E-state index contributed by atoms with van der Waals surface area (Å²) in [6.07, 6.45) is -1.45. The van der Waals surface area contributed by atoms with Crippen molar-refractivity contribution in [2.45, 2.75) is 6.29 Å². The molecule has 0 aliphatic rings. The van der Waals surface area contributed by atoms with Gasteiger partial charge in [-0.2, -0.15) is 0 Å². The maximum Gasteiger partial charge on any atom is 0.157 e. The third-order valence-corrected chi connectivity index (χ3v) is 1.29. The summed E-state index contributed by atoms with van der Waals surface area (Å²) in [6.45, 7) is 0.444. The summed E-state index contributed by atoms with van der Waals surface area (Å²) in [6, 6.07) is 0. The van der Waals surface area contributed by atoms with Crippen LogP contribution in [-0.2, 0) is 4.74 Å². The highest BCUT2D eigenvalue weighted by Gasteiger charge is 2.14. The molecule has 0 aliphatic heterocycles. The molecule has 0 saturated carbocycles. The molecule has 68 valence electrons. The van der Waals surface area contributed by atoms with Crippen molar-refractivity contribution in [3.8, 4) is 0 Å². The minimum absolute atomic E-state index is 0.0706. The van der Waals surface area contributed by atoms with Crippen LogP contribution < -0.4 is 5.73 Å². The highest BCUT2D eigenvalue weighted by molar-refractivity contribution is 4.59. The first kappa shape index (κ1) is 10.8. The van der Waals surface area contributed by atoms with Crippen molar-refractivity contribution >= 4 is 0 Å². The normalized spacial score (nSPS) is 13.9. The predicted molar refractivity (Wildman–Crippen MR) is 38.7 cm³/mol. The molecule has 5 nitrogen and oxygen atoms in total. The lowest BCUT2D eigenvalue weighted by molar-refractivity contribution is -0.103. The number of nitrogens with two attached hydrogens (primary N) is 1. The Morgan fingerprint density at radius 2 is 2.00 bits per heavy atom. The van der Waals surface area contributed by atoms with Crippen molar-refractivity contribution in [2.24, 2.45) is 11.7 Å². The second-order valence-electron chi connectivity index (χ2n) is 2.21. The maximum absolute atomic E-state index is 8.64. The summed E-state index contributed by atoms with van der Waals surface area (Å²) in [4.78, 5) is 0. The molecule has 0 aliphatic carbocycles. The van der Waals surface area contributed by atoms with Gasteiger partial charge in [0.15, 0.2) is 6.29 Å². The van der Waals surface area contributed by atoms with E-state index in [9.17, 15) is 0 Å². The molecule has 0 heterocycles. The van der Waals surface area contributed by atoms with Gasteiger partial charge < -0.3 is 25.8 Å². The van der Waals surface area contributed by atoms with E-state index in [2.05, 4.69) is 0 Å². The second-order valence-corrected chi connectivity index (χ2v) is 2.21. The zero-order chi connectivity index (χ0) is 8.69. The van der Waals surface area contributed by atoms with E-state index in [0.29, 0.717) is 0 Å². The summed E-state index contributed by atoms with van der Waals surface area (Å²) in [5, 5.41) is 25.6. The largest absolute Gasteiger partial charge is 0.394 e. The molecule has 5 heteroatoms. The Hall–Kier alpha value is -0.200. The highest BCUT2D eigenvalue weighted by atomic mass is 16.5. The van der Waals surface area contributed by atoms with Gasteiger partial charge in [-0.15, -0.1) is 0 Å². The monoisotopic (exact) mass is 165 g/mol. The molecule has 0 bridgehead atoms. The molecule has 11 heavy (non-hydrogen) atoms. The Kier molecular flexibility index (Phi) is 6.39. The van der Waals surface area contributed by atoms with E-state index < -0.39 is 12.2 Å². The van der Waals surface area contributed by atoms with Gasteiger partial charge in [-0.1, -0.05) is 0 Å². The molecule has 0 spiro atoms. The number of rotatable bonds is 6. The molecular formula is C6H15NO4. The van der Waals surface area contributed by atoms with Gasteiger partial charge >= 0.3 is 0 Å². The summed E-state index contributed by atoms with van der Waals surface area (Å²) in [5.74, 6) is -0.471. The molecule has 0 fully saturated rings. The van der Waals surface area contributed by atoms with Crippen LogP contribution >= 0.6 is 0 Å². The van der Waals surface area contributed by atoms with Crippen LogP contribution in [0.4, 0.5) is 0 Å². The van der Waals surface area contributed by atoms with Crippen molar-refractivity contribution in [2.75, 3.05) is 26.4 Å². The lowest BCUT2D eigenvalue weighted by atomic mass is 10.1. The third kappa shape index (κ3) is 5.11. The van der Waals surface area contributed by atoms with E-state index in [1.165, 1.54) is 0 Å². The number of ether oxygens (including phenoxy) is 1. The second kappa shape index (κ2) is 6.51. The zero-order valence-corrected chi connectivity index (χ0v) is 6.31. The van der Waals surface area contributed by atoms with Crippen LogP contribution in [0.25, 0.3) is 0 Å². The molecule has 1 atom stereocenters. The van der Waals surface area contributed by atoms with E-state index >= 15 is 0 Å². The predicted octanol–water partition coefficient (Wildman–Crippen LogP) is -2.12. The molecule has 5 N–H and O–H groups in total. The van der Waals surface area contributed by atoms with Crippen molar-refractivity contribution in [3.63, 3.8) is 0 Å². The first-order chi connectivity index (χ1) is 5.22. The molecule has 0 aromatic rings. The molecule has 0 rings (SSSR count). The van der Waals surface area contributed by atoms with E-state index in [1.807, 2.05) is 0 Å². The van der Waals surface area contributed by atoms with Gasteiger partial charge in [-0.25, -0.2) is 0 Å². The Labute approximate surface area is 65.4 Å². The Bertz CT molecular complexity index is 88.7. The van der Waals surface area contributed by atoms with E-state index in [1.54, 1.807) is 0 Å². The summed E-state index contributed by atoms with van der Waals surface area (Å²) >= 11 is 0. The van der Waals surface area contributed by atoms with Gasteiger partial charge in [0.25, 0.3) is 0 Å². The van der Waals surface area contributed by atoms with Crippen LogP contribution in [0.2, 0.25) is 0 Å². The van der Waals surface area contributed by atoms with Crippen LogP contribution in [0.15, 0.2) is 0 Å². The van der Waals surface area contributed by atoms with Gasteiger partial charge in [-0.3, -0.25) is 0 Å². The summed E-state index contributed by atoms with van der Waals surface area (Å²) < 4.78 is 4.85. The van der Waals surface area contributed by atoms with E-state index in [-0.39, 0.29) is 26.4 Å². The molecule has 0 unspecified atom stereocenters. The Balaban J connectivity index is 3.36. The van der Waals surface area contributed by atoms with Crippen LogP contribution in [0, 0.1) is 5.92 Å². The van der Waals surface area contributed by atoms with Crippen molar-refractivity contribution in [1.29, 1.82) is 0 Å². The molecule has 0 radical (unpaired) electrons. The van der Waals surface area contributed by atoms with Crippen molar-refractivity contribution in [1.82, 2.24) is 0 Å². The van der Waals surface area contributed by atoms with Gasteiger partial charge in [0.05, 0.1) is 19.8 Å². The summed E-state index contributed by atoms with van der Waals surface area (Å²) in [5.41, 5.74) is 5.19. The number of aliphatic hydroxyl groups is 3. The minimum atomic E-state index is -1.45. The van der Waals surface area contributed by atoms with Crippen molar-refractivity contribution < 1.29 is 20.1 Å². The number of aliphatic hydroxyl groups excluding tert-OH is 2. The average molecular weight is 165 g/mol. The molecular weight excluding hydrogens is 150 g/mol. The standard InChI is InChI=1S/C6H15NO4/c7-3-5(6(9)10)4-11-2-1-8/h5-6,8-10H,1-4,7H2/t5-/m0/s1. The van der Waals surface area contributed by atoms with Crippen LogP contribution in [0.5, 0.6) is 0 Å². The molecule has 0 aromatic heterocycles. The van der Waals surface area contributed by atoms with Gasteiger partial charge in [0, 0.05) is 12.5 Å². The molecule has 0 aromatic carbocycles. The van der Waals surface area contributed by atoms with E-state index in [4.69, 9.17) is 25.8 Å². The SMILES string of the molecule is NC[C@@H](COCCO)C(O)O. The van der Waals surface area contributed by atoms with Gasteiger partial charge in [-0.05, 0) is 0 Å². The maximum atomic E-state index is 8.64. The van der Waals surface area contributed by atoms with Crippen molar-refractivity contribution in [3.05, 3.63) is 0 Å². The molecule has 0 saturated heterocycles. The average Bonchev–Trinajstić information content (AvgIpc) is 1.97. The Morgan fingerprint density at radius 1 is 1.36 bits per heavy atom. The summed E-state index contributed by atoms with van der Waals surface area (Å²) in [7, 11) is 0. The van der Waals surface area contributed by atoms with Crippen LogP contribution in [0.1, 0.15) is 0 Å². The van der Waals surface area contributed by atoms with Crippen LogP contribution in [0.3, 0.4) is 0 Å². The lowest BCUT2D eigenvalue weighted by Gasteiger charge is -2.15. The first-order valence-electron chi connectivity index (χ1n) is 3.47. The first-order valence-corrected chi connectivity index (χ1v) is 3.47. The lowest BCUT2D eigenvalue weighted by Crippen LogP contribution is -2.31. The number of hydrogen-bond donors (Lipinski definition) is 4. The fourth-order valence-corrected chi connectivity index (χ4v) is 0.575. The minimum Gasteiger partial charge on any atom is -0.394 e. The zero-order valence-electron chi connectivity index (χ0n) is 6.31. The topological polar surface area (TPSA) is 95.9 Å². The van der Waals surface area contributed by atoms with Gasteiger partial charge in [0.2, 0.25) is 0 Å². The smallest absolute Gasteiger partial charge is 0.157 e. The quantitative estimate of drug-likeness (QED) is 0.266. The fraction of sp³-hybridized carbons (Fsp3) is 1.00.